The second kappa shape index (κ2) is 8.87. The molecule has 1 saturated heterocycles. The number of benzene rings is 1. The smallest absolute Gasteiger partial charge is 0.191 e. The van der Waals surface area contributed by atoms with Crippen molar-refractivity contribution in [3.8, 4) is 0 Å². The van der Waals surface area contributed by atoms with E-state index < -0.39 is 0 Å². The first-order valence-electron chi connectivity index (χ1n) is 8.50. The molecule has 23 heavy (non-hydrogen) atoms. The lowest BCUT2D eigenvalue weighted by Gasteiger charge is -2.36. The van der Waals surface area contributed by atoms with Crippen LogP contribution in [-0.2, 0) is 10.2 Å². The number of nitrogens with one attached hydrogen (secondary N) is 2. The highest BCUT2D eigenvalue weighted by Gasteiger charge is 2.34. The van der Waals surface area contributed by atoms with Gasteiger partial charge in [0.05, 0.1) is 6.54 Å². The zero-order chi connectivity index (χ0) is 15.3. The number of nitrogens with zero attached hydrogens (tertiary/aromatic N) is 1. The van der Waals surface area contributed by atoms with Gasteiger partial charge >= 0.3 is 0 Å². The lowest BCUT2D eigenvalue weighted by molar-refractivity contribution is 0.0531. The summed E-state index contributed by atoms with van der Waals surface area (Å²) in [7, 11) is 0. The lowest BCUT2D eigenvalue weighted by Crippen LogP contribution is -2.42. The summed E-state index contributed by atoms with van der Waals surface area (Å²) < 4.78 is 5.60. The van der Waals surface area contributed by atoms with Crippen LogP contribution in [0, 0.1) is 0 Å². The maximum Gasteiger partial charge on any atom is 0.191 e. The molecule has 0 radical (unpaired) electrons. The summed E-state index contributed by atoms with van der Waals surface area (Å²) in [6.45, 7) is 5.50. The van der Waals surface area contributed by atoms with Crippen molar-refractivity contribution in [1.29, 1.82) is 0 Å². The fraction of sp³-hybridized carbons (Fsp3) is 0.611. The molecule has 1 saturated carbocycles. The molecular formula is C18H28IN3O. The van der Waals surface area contributed by atoms with Crippen molar-refractivity contribution < 1.29 is 4.74 Å². The number of ether oxygens (including phenoxy) is 1. The largest absolute Gasteiger partial charge is 0.381 e. The molecule has 5 heteroatoms. The third-order valence-corrected chi connectivity index (χ3v) is 4.64. The predicted octanol–water partition coefficient (Wildman–Crippen LogP) is 3.07. The number of halogens is 1. The van der Waals surface area contributed by atoms with Gasteiger partial charge in [0, 0.05) is 31.2 Å². The first-order chi connectivity index (χ1) is 10.8. The van der Waals surface area contributed by atoms with Crippen LogP contribution in [0.4, 0.5) is 0 Å². The van der Waals surface area contributed by atoms with Crippen molar-refractivity contribution in [3.63, 3.8) is 0 Å². The van der Waals surface area contributed by atoms with E-state index in [4.69, 9.17) is 9.73 Å². The molecule has 0 spiro atoms. The van der Waals surface area contributed by atoms with Crippen molar-refractivity contribution >= 4 is 29.9 Å². The SMILES string of the molecule is CCNC(=NCC1(c2ccccc2)CCOCC1)NC1CC1.I. The highest BCUT2D eigenvalue weighted by atomic mass is 127. The maximum atomic E-state index is 5.60. The third-order valence-electron chi connectivity index (χ3n) is 4.64. The van der Waals surface area contributed by atoms with E-state index in [1.54, 1.807) is 0 Å². The molecule has 3 rings (SSSR count). The molecular weight excluding hydrogens is 401 g/mol. The van der Waals surface area contributed by atoms with Gasteiger partial charge < -0.3 is 15.4 Å². The Morgan fingerprint density at radius 2 is 1.91 bits per heavy atom. The highest BCUT2D eigenvalue weighted by molar-refractivity contribution is 14.0. The van der Waals surface area contributed by atoms with Gasteiger partial charge in [-0.3, -0.25) is 4.99 Å². The Kier molecular flexibility index (Phi) is 7.14. The Hall–Kier alpha value is -0.820. The van der Waals surface area contributed by atoms with Crippen molar-refractivity contribution in [2.75, 3.05) is 26.3 Å². The Bertz CT molecular complexity index is 496. The zero-order valence-electron chi connectivity index (χ0n) is 13.9. The molecule has 1 aliphatic carbocycles. The number of guanidine groups is 1. The van der Waals surface area contributed by atoms with Crippen LogP contribution in [0.15, 0.2) is 35.3 Å². The molecule has 1 heterocycles. The van der Waals surface area contributed by atoms with E-state index in [1.165, 1.54) is 18.4 Å². The summed E-state index contributed by atoms with van der Waals surface area (Å²) >= 11 is 0. The Morgan fingerprint density at radius 1 is 1.22 bits per heavy atom. The van der Waals surface area contributed by atoms with Crippen molar-refractivity contribution in [3.05, 3.63) is 35.9 Å². The molecule has 4 nitrogen and oxygen atoms in total. The van der Waals surface area contributed by atoms with Gasteiger partial charge in [0.15, 0.2) is 5.96 Å². The van der Waals surface area contributed by atoms with Crippen LogP contribution in [0.25, 0.3) is 0 Å². The average molecular weight is 429 g/mol. The van der Waals surface area contributed by atoms with Gasteiger partial charge in [-0.15, -0.1) is 24.0 Å². The zero-order valence-corrected chi connectivity index (χ0v) is 16.2. The van der Waals surface area contributed by atoms with Crippen LogP contribution in [0.3, 0.4) is 0 Å². The van der Waals surface area contributed by atoms with Crippen LogP contribution in [0.5, 0.6) is 0 Å². The summed E-state index contributed by atoms with van der Waals surface area (Å²) in [6, 6.07) is 11.4. The summed E-state index contributed by atoms with van der Waals surface area (Å²) in [5, 5.41) is 6.88. The molecule has 0 atom stereocenters. The number of hydrogen-bond acceptors (Lipinski definition) is 2. The summed E-state index contributed by atoms with van der Waals surface area (Å²) in [4.78, 5) is 4.90. The van der Waals surface area contributed by atoms with E-state index in [9.17, 15) is 0 Å². The first kappa shape index (κ1) is 18.5. The molecule has 0 bridgehead atoms. The molecule has 2 N–H and O–H groups in total. The van der Waals surface area contributed by atoms with Gasteiger partial charge in [0.2, 0.25) is 0 Å². The Balaban J connectivity index is 0.00000192. The molecule has 1 aromatic rings. The summed E-state index contributed by atoms with van der Waals surface area (Å²) in [5.74, 6) is 0.965. The standard InChI is InChI=1S/C18H27N3O.HI/c1-2-19-17(21-16-8-9-16)20-14-18(10-12-22-13-11-18)15-6-4-3-5-7-15;/h3-7,16H,2,8-14H2,1H3,(H2,19,20,21);1H. The molecule has 0 unspecified atom stereocenters. The highest BCUT2D eigenvalue weighted by Crippen LogP contribution is 2.35. The normalized spacial score (nSPS) is 20.5. The molecule has 1 aromatic carbocycles. The molecule has 2 fully saturated rings. The Labute approximate surface area is 156 Å². The second-order valence-corrected chi connectivity index (χ2v) is 6.37. The van der Waals surface area contributed by atoms with E-state index in [-0.39, 0.29) is 29.4 Å². The van der Waals surface area contributed by atoms with E-state index in [0.29, 0.717) is 6.04 Å². The number of aliphatic imine (C=N–C) groups is 1. The van der Waals surface area contributed by atoms with Crippen LogP contribution < -0.4 is 10.6 Å². The quantitative estimate of drug-likeness (QED) is 0.430. The van der Waals surface area contributed by atoms with E-state index in [2.05, 4.69) is 47.9 Å². The van der Waals surface area contributed by atoms with Gasteiger partial charge in [-0.2, -0.15) is 0 Å². The van der Waals surface area contributed by atoms with Crippen LogP contribution in [0.1, 0.15) is 38.2 Å². The molecule has 0 aromatic heterocycles. The van der Waals surface area contributed by atoms with Crippen molar-refractivity contribution in [2.24, 2.45) is 4.99 Å². The second-order valence-electron chi connectivity index (χ2n) is 6.37. The molecule has 128 valence electrons. The fourth-order valence-electron chi connectivity index (χ4n) is 3.06. The minimum atomic E-state index is 0. The average Bonchev–Trinajstić information content (AvgIpc) is 3.39. The van der Waals surface area contributed by atoms with Gasteiger partial charge in [-0.1, -0.05) is 30.3 Å². The van der Waals surface area contributed by atoms with E-state index in [0.717, 1.165) is 45.1 Å². The minimum absolute atomic E-state index is 0. The fourth-order valence-corrected chi connectivity index (χ4v) is 3.06. The summed E-state index contributed by atoms with van der Waals surface area (Å²) in [5.41, 5.74) is 1.51. The number of hydrogen-bond donors (Lipinski definition) is 2. The van der Waals surface area contributed by atoms with Gasteiger partial charge in [0.1, 0.15) is 0 Å². The predicted molar refractivity (Wildman–Crippen MR) is 106 cm³/mol. The third kappa shape index (κ3) is 5.08. The number of rotatable bonds is 5. The lowest BCUT2D eigenvalue weighted by atomic mass is 9.74. The maximum absolute atomic E-state index is 5.60. The van der Waals surface area contributed by atoms with Crippen LogP contribution in [0.2, 0.25) is 0 Å². The van der Waals surface area contributed by atoms with Crippen molar-refractivity contribution in [2.45, 2.75) is 44.1 Å². The minimum Gasteiger partial charge on any atom is -0.381 e. The van der Waals surface area contributed by atoms with Crippen LogP contribution >= 0.6 is 24.0 Å². The first-order valence-corrected chi connectivity index (χ1v) is 8.50. The molecule has 2 aliphatic rings. The Morgan fingerprint density at radius 3 is 2.52 bits per heavy atom. The molecule has 0 amide bonds. The van der Waals surface area contributed by atoms with E-state index >= 15 is 0 Å². The molecule has 1 aliphatic heterocycles. The monoisotopic (exact) mass is 429 g/mol. The van der Waals surface area contributed by atoms with Gasteiger partial charge in [-0.05, 0) is 38.2 Å². The summed E-state index contributed by atoms with van der Waals surface area (Å²) in [6.07, 6.45) is 4.62. The van der Waals surface area contributed by atoms with Crippen LogP contribution in [-0.4, -0.2) is 38.3 Å². The topological polar surface area (TPSA) is 45.7 Å². The van der Waals surface area contributed by atoms with Gasteiger partial charge in [-0.25, -0.2) is 0 Å². The van der Waals surface area contributed by atoms with Crippen molar-refractivity contribution in [1.82, 2.24) is 10.6 Å². The van der Waals surface area contributed by atoms with E-state index in [1.807, 2.05) is 0 Å². The van der Waals surface area contributed by atoms with Gasteiger partial charge in [0.25, 0.3) is 0 Å².